The lowest BCUT2D eigenvalue weighted by Crippen LogP contribution is -2.37. The Hall–Kier alpha value is -2.62. The number of hydrogen-bond donors (Lipinski definition) is 0. The van der Waals surface area contributed by atoms with Gasteiger partial charge in [0, 0.05) is 37.3 Å². The monoisotopic (exact) mass is 404 g/mol. The van der Waals surface area contributed by atoms with Crippen LogP contribution in [0.4, 0.5) is 0 Å². The Balaban J connectivity index is 1.38. The van der Waals surface area contributed by atoms with Gasteiger partial charge in [0.1, 0.15) is 0 Å². The number of carbonyl (C=O) groups is 2. The topological polar surface area (TPSA) is 40.6 Å². The molecule has 4 nitrogen and oxygen atoms in total. The van der Waals surface area contributed by atoms with E-state index in [1.54, 1.807) is 0 Å². The van der Waals surface area contributed by atoms with E-state index < -0.39 is 0 Å². The van der Waals surface area contributed by atoms with Crippen LogP contribution in [-0.4, -0.2) is 47.8 Å². The summed E-state index contributed by atoms with van der Waals surface area (Å²) in [4.78, 5) is 29.7. The summed E-state index contributed by atoms with van der Waals surface area (Å²) in [5, 5.41) is 0. The number of carbonyl (C=O) groups excluding carboxylic acids is 2. The van der Waals surface area contributed by atoms with Crippen LogP contribution in [0, 0.1) is 6.92 Å². The molecule has 4 rings (SSSR count). The molecular formula is C26H32N2O2. The lowest BCUT2D eigenvalue weighted by atomic mass is 9.84. The summed E-state index contributed by atoms with van der Waals surface area (Å²) < 4.78 is 0. The molecule has 1 heterocycles. The van der Waals surface area contributed by atoms with Crippen LogP contribution in [0.5, 0.6) is 0 Å². The van der Waals surface area contributed by atoms with E-state index in [4.69, 9.17) is 0 Å². The van der Waals surface area contributed by atoms with Crippen LogP contribution in [0.2, 0.25) is 0 Å². The van der Waals surface area contributed by atoms with E-state index in [1.807, 2.05) is 53.1 Å². The number of nitrogens with zero attached hydrogens (tertiary/aromatic N) is 2. The predicted molar refractivity (Wildman–Crippen MR) is 120 cm³/mol. The fraction of sp³-hybridized carbons (Fsp3) is 0.462. The van der Waals surface area contributed by atoms with Crippen molar-refractivity contribution in [2.24, 2.45) is 0 Å². The number of benzene rings is 2. The standard InChI is InChI=1S/C26H32N2O2/c1-20-7-5-10-24(19-20)26(30)28-16-6-15-27(17-18-28)25(29)23-13-11-22(12-14-23)21-8-3-2-4-9-21/h5,7,10-14,19,21H,2-4,6,8-9,15-18H2,1H3. The molecule has 0 spiro atoms. The van der Waals surface area contributed by atoms with E-state index in [0.717, 1.165) is 23.1 Å². The summed E-state index contributed by atoms with van der Waals surface area (Å²) in [6.07, 6.45) is 7.33. The van der Waals surface area contributed by atoms with Crippen molar-refractivity contribution in [2.75, 3.05) is 26.2 Å². The van der Waals surface area contributed by atoms with Crippen molar-refractivity contribution >= 4 is 11.8 Å². The van der Waals surface area contributed by atoms with Gasteiger partial charge in [-0.1, -0.05) is 49.1 Å². The first-order valence-electron chi connectivity index (χ1n) is 11.4. The Morgan fingerprint density at radius 1 is 0.733 bits per heavy atom. The molecule has 1 aliphatic heterocycles. The van der Waals surface area contributed by atoms with Crippen molar-refractivity contribution in [1.82, 2.24) is 9.80 Å². The van der Waals surface area contributed by atoms with Crippen molar-refractivity contribution in [3.63, 3.8) is 0 Å². The van der Waals surface area contributed by atoms with Gasteiger partial charge in [0.25, 0.3) is 11.8 Å². The van der Waals surface area contributed by atoms with Crippen molar-refractivity contribution in [3.8, 4) is 0 Å². The average Bonchev–Trinajstić information content (AvgIpc) is 3.05. The minimum atomic E-state index is 0.0600. The highest BCUT2D eigenvalue weighted by atomic mass is 16.2. The average molecular weight is 405 g/mol. The van der Waals surface area contributed by atoms with Crippen molar-refractivity contribution < 1.29 is 9.59 Å². The Morgan fingerprint density at radius 2 is 1.37 bits per heavy atom. The fourth-order valence-electron chi connectivity index (χ4n) is 4.80. The van der Waals surface area contributed by atoms with Gasteiger partial charge in [0.05, 0.1) is 0 Å². The second kappa shape index (κ2) is 9.46. The Kier molecular flexibility index (Phi) is 6.51. The molecule has 1 saturated heterocycles. The Morgan fingerprint density at radius 3 is 2.00 bits per heavy atom. The molecule has 0 bridgehead atoms. The lowest BCUT2D eigenvalue weighted by Gasteiger charge is -2.24. The SMILES string of the molecule is Cc1cccc(C(=O)N2CCCN(C(=O)c3ccc(C4CCCCC4)cc3)CC2)c1. The molecule has 0 N–H and O–H groups in total. The molecular weight excluding hydrogens is 372 g/mol. The first-order chi connectivity index (χ1) is 14.6. The van der Waals surface area contributed by atoms with E-state index in [-0.39, 0.29) is 11.8 Å². The zero-order chi connectivity index (χ0) is 20.9. The van der Waals surface area contributed by atoms with Gasteiger partial charge in [-0.15, -0.1) is 0 Å². The molecule has 0 unspecified atom stereocenters. The molecule has 4 heteroatoms. The predicted octanol–water partition coefficient (Wildman–Crippen LogP) is 5.03. The van der Waals surface area contributed by atoms with Gasteiger partial charge in [0.2, 0.25) is 0 Å². The van der Waals surface area contributed by atoms with E-state index >= 15 is 0 Å². The second-order valence-corrected chi connectivity index (χ2v) is 8.76. The van der Waals surface area contributed by atoms with Gasteiger partial charge in [-0.2, -0.15) is 0 Å². The molecule has 0 radical (unpaired) electrons. The van der Waals surface area contributed by atoms with Crippen LogP contribution in [-0.2, 0) is 0 Å². The summed E-state index contributed by atoms with van der Waals surface area (Å²) in [5.74, 6) is 0.794. The Bertz CT molecular complexity index is 884. The molecule has 1 saturated carbocycles. The largest absolute Gasteiger partial charge is 0.337 e. The zero-order valence-electron chi connectivity index (χ0n) is 18.0. The highest BCUT2D eigenvalue weighted by Crippen LogP contribution is 2.32. The molecule has 158 valence electrons. The number of hydrogen-bond acceptors (Lipinski definition) is 2. The molecule has 2 aliphatic rings. The smallest absolute Gasteiger partial charge is 0.253 e. The van der Waals surface area contributed by atoms with Crippen molar-refractivity contribution in [1.29, 1.82) is 0 Å². The third kappa shape index (κ3) is 4.75. The molecule has 2 amide bonds. The quantitative estimate of drug-likeness (QED) is 0.720. The molecule has 2 fully saturated rings. The second-order valence-electron chi connectivity index (χ2n) is 8.76. The highest BCUT2D eigenvalue weighted by Gasteiger charge is 2.24. The Labute approximate surface area is 179 Å². The van der Waals surface area contributed by atoms with E-state index in [2.05, 4.69) is 12.1 Å². The van der Waals surface area contributed by atoms with E-state index in [0.29, 0.717) is 32.1 Å². The summed E-state index contributed by atoms with van der Waals surface area (Å²) >= 11 is 0. The zero-order valence-corrected chi connectivity index (χ0v) is 18.0. The summed E-state index contributed by atoms with van der Waals surface area (Å²) in [6, 6.07) is 16.0. The highest BCUT2D eigenvalue weighted by molar-refractivity contribution is 5.95. The molecule has 2 aromatic rings. The van der Waals surface area contributed by atoms with E-state index in [9.17, 15) is 9.59 Å². The van der Waals surface area contributed by atoms with Crippen LogP contribution >= 0.6 is 0 Å². The molecule has 0 atom stereocenters. The van der Waals surface area contributed by atoms with Gasteiger partial charge in [-0.25, -0.2) is 0 Å². The minimum absolute atomic E-state index is 0.0600. The van der Waals surface area contributed by atoms with Crippen molar-refractivity contribution in [2.45, 2.75) is 51.4 Å². The number of rotatable bonds is 3. The number of aryl methyl sites for hydroxylation is 1. The molecule has 2 aromatic carbocycles. The van der Waals surface area contributed by atoms with Crippen molar-refractivity contribution in [3.05, 3.63) is 70.8 Å². The number of amides is 2. The van der Waals surface area contributed by atoms with Crippen LogP contribution in [0.15, 0.2) is 48.5 Å². The molecule has 1 aliphatic carbocycles. The minimum Gasteiger partial charge on any atom is -0.337 e. The maximum atomic E-state index is 13.1. The van der Waals surface area contributed by atoms with Gasteiger partial charge < -0.3 is 9.80 Å². The lowest BCUT2D eigenvalue weighted by molar-refractivity contribution is 0.0718. The maximum absolute atomic E-state index is 13.1. The van der Waals surface area contributed by atoms with E-state index in [1.165, 1.54) is 37.7 Å². The van der Waals surface area contributed by atoms with Gasteiger partial charge in [-0.3, -0.25) is 9.59 Å². The maximum Gasteiger partial charge on any atom is 0.253 e. The fourth-order valence-corrected chi connectivity index (χ4v) is 4.80. The first kappa shape index (κ1) is 20.6. The van der Waals surface area contributed by atoms with Crippen LogP contribution in [0.3, 0.4) is 0 Å². The summed E-state index contributed by atoms with van der Waals surface area (Å²) in [6.45, 7) is 4.55. The van der Waals surface area contributed by atoms with Gasteiger partial charge >= 0.3 is 0 Å². The van der Waals surface area contributed by atoms with Crippen LogP contribution in [0.1, 0.15) is 76.3 Å². The van der Waals surface area contributed by atoms with Crippen LogP contribution in [0.25, 0.3) is 0 Å². The first-order valence-corrected chi connectivity index (χ1v) is 11.4. The summed E-state index contributed by atoms with van der Waals surface area (Å²) in [5.41, 5.74) is 3.95. The van der Waals surface area contributed by atoms with Gasteiger partial charge in [-0.05, 0) is 61.9 Å². The third-order valence-electron chi connectivity index (χ3n) is 6.57. The third-order valence-corrected chi connectivity index (χ3v) is 6.57. The normalized spacial score (nSPS) is 18.2. The molecule has 30 heavy (non-hydrogen) atoms. The molecule has 0 aromatic heterocycles. The van der Waals surface area contributed by atoms with Crippen LogP contribution < -0.4 is 0 Å². The summed E-state index contributed by atoms with van der Waals surface area (Å²) in [7, 11) is 0. The van der Waals surface area contributed by atoms with Gasteiger partial charge in [0.15, 0.2) is 0 Å².